The van der Waals surface area contributed by atoms with Crippen LogP contribution in [0.1, 0.15) is 53.9 Å². The molecule has 1 N–H and O–H groups in total. The van der Waals surface area contributed by atoms with Crippen molar-refractivity contribution in [2.24, 2.45) is 5.92 Å². The number of hydrogen-bond donors (Lipinski definition) is 1. The topological polar surface area (TPSA) is 63.3 Å². The van der Waals surface area contributed by atoms with Gasteiger partial charge in [-0.15, -0.1) is 11.3 Å². The van der Waals surface area contributed by atoms with E-state index in [0.717, 1.165) is 16.6 Å². The summed E-state index contributed by atoms with van der Waals surface area (Å²) in [5, 5.41) is 12.0. The maximum absolute atomic E-state index is 10.9. The number of thiazole rings is 1. The Hall–Kier alpha value is -1.62. The van der Waals surface area contributed by atoms with Gasteiger partial charge in [-0.25, -0.2) is 9.78 Å². The van der Waals surface area contributed by atoms with Crippen molar-refractivity contribution in [3.63, 3.8) is 0 Å². The highest BCUT2D eigenvalue weighted by molar-refractivity contribution is 7.10. The summed E-state index contributed by atoms with van der Waals surface area (Å²) in [4.78, 5) is 15.5. The second-order valence-corrected chi connectivity index (χ2v) is 6.25. The van der Waals surface area contributed by atoms with E-state index in [1.54, 1.807) is 11.3 Å². The van der Waals surface area contributed by atoms with E-state index in [2.05, 4.69) is 11.9 Å². The average molecular weight is 291 g/mol. The maximum Gasteiger partial charge on any atom is 0.338 e. The zero-order valence-corrected chi connectivity index (χ0v) is 12.2. The van der Waals surface area contributed by atoms with Gasteiger partial charge >= 0.3 is 5.97 Å². The van der Waals surface area contributed by atoms with Gasteiger partial charge in [-0.05, 0) is 25.2 Å². The van der Waals surface area contributed by atoms with Crippen LogP contribution in [0.3, 0.4) is 0 Å². The third kappa shape index (κ3) is 2.50. The number of hydrogen-bond acceptors (Lipinski definition) is 4. The number of carbonyl (C=O) groups is 1. The van der Waals surface area contributed by atoms with Gasteiger partial charge in [0.2, 0.25) is 0 Å². The molecule has 4 nitrogen and oxygen atoms in total. The molecule has 1 aliphatic rings. The molecule has 0 saturated heterocycles. The Morgan fingerprint density at radius 3 is 3.05 bits per heavy atom. The molecular formula is C15H17NO3S. The number of rotatable bonds is 4. The summed E-state index contributed by atoms with van der Waals surface area (Å²) in [6.45, 7) is 2.25. The normalized spacial score (nSPS) is 22.2. The Kier molecular flexibility index (Phi) is 3.61. The third-order valence-electron chi connectivity index (χ3n) is 4.09. The highest BCUT2D eigenvalue weighted by Crippen LogP contribution is 2.41. The predicted molar refractivity (Wildman–Crippen MR) is 77.1 cm³/mol. The van der Waals surface area contributed by atoms with E-state index in [1.165, 1.54) is 38.0 Å². The zero-order valence-electron chi connectivity index (χ0n) is 11.3. The van der Waals surface area contributed by atoms with Gasteiger partial charge in [0.25, 0.3) is 0 Å². The number of aromatic carboxylic acids is 1. The molecule has 0 spiro atoms. The number of furan rings is 1. The van der Waals surface area contributed by atoms with Crippen LogP contribution in [-0.2, 0) is 0 Å². The standard InChI is InChI=1S/C15H17NO3S/c1-2-9-3-4-10(5-9)14-16-12(8-20-14)13-6-11(7-19-13)15(17)18/h6-10H,2-5H2,1H3,(H,17,18). The zero-order chi connectivity index (χ0) is 14.1. The second kappa shape index (κ2) is 5.40. The summed E-state index contributed by atoms with van der Waals surface area (Å²) < 4.78 is 5.29. The molecule has 0 aliphatic heterocycles. The molecule has 20 heavy (non-hydrogen) atoms. The smallest absolute Gasteiger partial charge is 0.338 e. The van der Waals surface area contributed by atoms with Crippen LogP contribution < -0.4 is 0 Å². The first-order valence-corrected chi connectivity index (χ1v) is 7.83. The van der Waals surface area contributed by atoms with E-state index in [0.29, 0.717) is 11.7 Å². The maximum atomic E-state index is 10.9. The largest absolute Gasteiger partial charge is 0.478 e. The highest BCUT2D eigenvalue weighted by atomic mass is 32.1. The molecular weight excluding hydrogens is 274 g/mol. The minimum atomic E-state index is -0.975. The Morgan fingerprint density at radius 1 is 1.55 bits per heavy atom. The van der Waals surface area contributed by atoms with Gasteiger partial charge in [0.05, 0.1) is 10.6 Å². The van der Waals surface area contributed by atoms with Gasteiger partial charge in [0.15, 0.2) is 5.76 Å². The van der Waals surface area contributed by atoms with Gasteiger partial charge < -0.3 is 9.52 Å². The van der Waals surface area contributed by atoms with Crippen LogP contribution in [0.2, 0.25) is 0 Å². The molecule has 2 aromatic rings. The van der Waals surface area contributed by atoms with E-state index >= 15 is 0 Å². The summed E-state index contributed by atoms with van der Waals surface area (Å²) in [5.74, 6) is 0.953. The van der Waals surface area contributed by atoms with Crippen molar-refractivity contribution in [2.45, 2.75) is 38.5 Å². The Morgan fingerprint density at radius 2 is 2.40 bits per heavy atom. The summed E-state index contributed by atoms with van der Waals surface area (Å²) in [5.41, 5.74) is 0.916. The fraction of sp³-hybridized carbons (Fsp3) is 0.467. The summed E-state index contributed by atoms with van der Waals surface area (Å²) in [6.07, 6.45) is 6.24. The molecule has 1 saturated carbocycles. The number of carboxylic acid groups (broad SMARTS) is 1. The quantitative estimate of drug-likeness (QED) is 0.907. The van der Waals surface area contributed by atoms with Gasteiger partial charge in [-0.3, -0.25) is 0 Å². The molecule has 0 bridgehead atoms. The van der Waals surface area contributed by atoms with E-state index in [-0.39, 0.29) is 5.56 Å². The fourth-order valence-electron chi connectivity index (χ4n) is 2.84. The van der Waals surface area contributed by atoms with Crippen molar-refractivity contribution in [1.82, 2.24) is 4.98 Å². The van der Waals surface area contributed by atoms with Crippen LogP contribution in [0, 0.1) is 5.92 Å². The Balaban J connectivity index is 1.78. The summed E-state index contributed by atoms with van der Waals surface area (Å²) in [6, 6.07) is 1.53. The molecule has 2 atom stereocenters. The first-order chi connectivity index (χ1) is 9.67. The molecule has 2 unspecified atom stereocenters. The lowest BCUT2D eigenvalue weighted by Crippen LogP contribution is -1.94. The lowest BCUT2D eigenvalue weighted by molar-refractivity contribution is 0.0696. The molecule has 5 heteroatoms. The van der Waals surface area contributed by atoms with Crippen LogP contribution in [0.25, 0.3) is 11.5 Å². The Bertz CT molecular complexity index is 616. The third-order valence-corrected chi connectivity index (χ3v) is 5.10. The molecule has 2 aromatic heterocycles. The average Bonchev–Trinajstić information content (AvgIpc) is 3.17. The summed E-state index contributed by atoms with van der Waals surface area (Å²) in [7, 11) is 0. The minimum Gasteiger partial charge on any atom is -0.478 e. The van der Waals surface area contributed by atoms with E-state index in [4.69, 9.17) is 9.52 Å². The van der Waals surface area contributed by atoms with Gasteiger partial charge in [-0.1, -0.05) is 13.3 Å². The molecule has 0 aromatic carbocycles. The van der Waals surface area contributed by atoms with Crippen LogP contribution in [0.5, 0.6) is 0 Å². The van der Waals surface area contributed by atoms with E-state index in [1.807, 2.05) is 5.38 Å². The fourth-order valence-corrected chi connectivity index (χ4v) is 3.80. The summed E-state index contributed by atoms with van der Waals surface area (Å²) >= 11 is 1.65. The molecule has 1 aliphatic carbocycles. The van der Waals surface area contributed by atoms with Crippen molar-refractivity contribution in [3.8, 4) is 11.5 Å². The van der Waals surface area contributed by atoms with Gasteiger partial charge in [0.1, 0.15) is 12.0 Å². The van der Waals surface area contributed by atoms with Crippen molar-refractivity contribution in [1.29, 1.82) is 0 Å². The van der Waals surface area contributed by atoms with E-state index in [9.17, 15) is 4.79 Å². The second-order valence-electron chi connectivity index (χ2n) is 5.36. The highest BCUT2D eigenvalue weighted by Gasteiger charge is 2.27. The SMILES string of the molecule is CCC1CCC(c2nc(-c3cc(C(=O)O)co3)cs2)C1. The monoisotopic (exact) mass is 291 g/mol. The van der Waals surface area contributed by atoms with Gasteiger partial charge in [-0.2, -0.15) is 0 Å². The van der Waals surface area contributed by atoms with Gasteiger partial charge in [0, 0.05) is 17.4 Å². The lowest BCUT2D eigenvalue weighted by atomic mass is 10.0. The number of nitrogens with zero attached hydrogens (tertiary/aromatic N) is 1. The van der Waals surface area contributed by atoms with Crippen LogP contribution in [0.15, 0.2) is 22.1 Å². The number of carboxylic acids is 1. The lowest BCUT2D eigenvalue weighted by Gasteiger charge is -2.05. The minimum absolute atomic E-state index is 0.168. The van der Waals surface area contributed by atoms with Crippen molar-refractivity contribution in [2.75, 3.05) is 0 Å². The van der Waals surface area contributed by atoms with Crippen LogP contribution in [-0.4, -0.2) is 16.1 Å². The van der Waals surface area contributed by atoms with Crippen molar-refractivity contribution >= 4 is 17.3 Å². The predicted octanol–water partition coefficient (Wildman–Crippen LogP) is 4.40. The van der Waals surface area contributed by atoms with E-state index < -0.39 is 5.97 Å². The first-order valence-electron chi connectivity index (χ1n) is 6.95. The van der Waals surface area contributed by atoms with Crippen LogP contribution >= 0.6 is 11.3 Å². The Labute approximate surface area is 121 Å². The van der Waals surface area contributed by atoms with Crippen molar-refractivity contribution in [3.05, 3.63) is 28.3 Å². The molecule has 1 fully saturated rings. The molecule has 2 heterocycles. The van der Waals surface area contributed by atoms with Crippen LogP contribution in [0.4, 0.5) is 0 Å². The molecule has 0 amide bonds. The molecule has 3 rings (SSSR count). The van der Waals surface area contributed by atoms with Crippen molar-refractivity contribution < 1.29 is 14.3 Å². The molecule has 106 valence electrons. The number of aromatic nitrogens is 1. The molecule has 0 radical (unpaired) electrons. The first kappa shape index (κ1) is 13.4.